The summed E-state index contributed by atoms with van der Waals surface area (Å²) in [6, 6.07) is 4.24. The number of nitrogens with zero attached hydrogens (tertiary/aromatic N) is 1. The zero-order chi connectivity index (χ0) is 14.9. The molecule has 0 N–H and O–H groups in total. The fourth-order valence-electron chi connectivity index (χ4n) is 3.49. The lowest BCUT2D eigenvalue weighted by Crippen LogP contribution is -2.14. The molecular formula is C19H31NO. The van der Waals surface area contributed by atoms with E-state index >= 15 is 0 Å². The van der Waals surface area contributed by atoms with Gasteiger partial charge in [0.05, 0.1) is 12.8 Å². The SMILES string of the molecule is CCCCCCC1CCC(c2ccc(OCC)cn2)CC1. The van der Waals surface area contributed by atoms with E-state index in [1.807, 2.05) is 13.1 Å². The normalized spacial score (nSPS) is 22.2. The van der Waals surface area contributed by atoms with Crippen LogP contribution in [0.5, 0.6) is 5.75 Å². The molecule has 0 atom stereocenters. The summed E-state index contributed by atoms with van der Waals surface area (Å²) in [4.78, 5) is 4.61. The number of unbranched alkanes of at least 4 members (excludes halogenated alkanes) is 3. The molecule has 0 unspecified atom stereocenters. The maximum absolute atomic E-state index is 5.47. The van der Waals surface area contributed by atoms with Crippen LogP contribution in [0.3, 0.4) is 0 Å². The highest BCUT2D eigenvalue weighted by molar-refractivity contribution is 5.22. The second kappa shape index (κ2) is 9.07. The van der Waals surface area contributed by atoms with Gasteiger partial charge in [0.2, 0.25) is 0 Å². The summed E-state index contributed by atoms with van der Waals surface area (Å²) in [5.74, 6) is 2.54. The van der Waals surface area contributed by atoms with Gasteiger partial charge in [-0.15, -0.1) is 0 Å². The molecule has 1 heterocycles. The average molecular weight is 289 g/mol. The number of aromatic nitrogens is 1. The molecule has 1 saturated carbocycles. The van der Waals surface area contributed by atoms with E-state index in [1.165, 1.54) is 63.5 Å². The molecule has 1 aromatic heterocycles. The Balaban J connectivity index is 1.73. The molecule has 0 aliphatic heterocycles. The van der Waals surface area contributed by atoms with E-state index in [2.05, 4.69) is 24.0 Å². The van der Waals surface area contributed by atoms with Crippen molar-refractivity contribution in [1.29, 1.82) is 0 Å². The summed E-state index contributed by atoms with van der Waals surface area (Å²) in [7, 11) is 0. The van der Waals surface area contributed by atoms with Crippen LogP contribution < -0.4 is 4.74 Å². The molecule has 0 bridgehead atoms. The largest absolute Gasteiger partial charge is 0.492 e. The van der Waals surface area contributed by atoms with Crippen LogP contribution in [0, 0.1) is 5.92 Å². The van der Waals surface area contributed by atoms with Crippen LogP contribution in [-0.4, -0.2) is 11.6 Å². The van der Waals surface area contributed by atoms with E-state index in [1.54, 1.807) is 0 Å². The first-order chi connectivity index (χ1) is 10.3. The second-order valence-electron chi connectivity index (χ2n) is 6.42. The molecule has 0 amide bonds. The first-order valence-electron chi connectivity index (χ1n) is 8.92. The second-order valence-corrected chi connectivity index (χ2v) is 6.42. The van der Waals surface area contributed by atoms with Gasteiger partial charge in [0, 0.05) is 11.6 Å². The van der Waals surface area contributed by atoms with Crippen LogP contribution in [0.25, 0.3) is 0 Å². The van der Waals surface area contributed by atoms with Crippen LogP contribution >= 0.6 is 0 Å². The maximum atomic E-state index is 5.47. The molecule has 118 valence electrons. The Morgan fingerprint density at radius 1 is 1.05 bits per heavy atom. The fraction of sp³-hybridized carbons (Fsp3) is 0.737. The first kappa shape index (κ1) is 16.3. The summed E-state index contributed by atoms with van der Waals surface area (Å²) in [6.07, 6.45) is 14.4. The lowest BCUT2D eigenvalue weighted by atomic mass is 9.78. The molecule has 2 heteroatoms. The Morgan fingerprint density at radius 2 is 1.86 bits per heavy atom. The van der Waals surface area contributed by atoms with Gasteiger partial charge in [-0.1, -0.05) is 39.0 Å². The van der Waals surface area contributed by atoms with Crippen molar-refractivity contribution in [2.75, 3.05) is 6.61 Å². The van der Waals surface area contributed by atoms with Gasteiger partial charge < -0.3 is 4.74 Å². The summed E-state index contributed by atoms with van der Waals surface area (Å²) < 4.78 is 5.47. The van der Waals surface area contributed by atoms with Gasteiger partial charge in [-0.3, -0.25) is 4.98 Å². The molecule has 0 aromatic carbocycles. The quantitative estimate of drug-likeness (QED) is 0.571. The van der Waals surface area contributed by atoms with Gasteiger partial charge in [0.1, 0.15) is 5.75 Å². The van der Waals surface area contributed by atoms with Gasteiger partial charge in [0.25, 0.3) is 0 Å². The Morgan fingerprint density at radius 3 is 2.48 bits per heavy atom. The van der Waals surface area contributed by atoms with E-state index < -0.39 is 0 Å². The molecule has 21 heavy (non-hydrogen) atoms. The lowest BCUT2D eigenvalue weighted by Gasteiger charge is -2.28. The van der Waals surface area contributed by atoms with Crippen LogP contribution in [0.1, 0.15) is 83.2 Å². The first-order valence-corrected chi connectivity index (χ1v) is 8.92. The van der Waals surface area contributed by atoms with Gasteiger partial charge >= 0.3 is 0 Å². The van der Waals surface area contributed by atoms with Crippen molar-refractivity contribution in [1.82, 2.24) is 4.98 Å². The zero-order valence-electron chi connectivity index (χ0n) is 13.8. The van der Waals surface area contributed by atoms with Crippen molar-refractivity contribution in [2.45, 2.75) is 77.6 Å². The van der Waals surface area contributed by atoms with Crippen molar-refractivity contribution in [2.24, 2.45) is 5.92 Å². The monoisotopic (exact) mass is 289 g/mol. The Labute approximate surface area is 130 Å². The molecule has 1 aliphatic rings. The summed E-state index contributed by atoms with van der Waals surface area (Å²) in [5, 5.41) is 0. The van der Waals surface area contributed by atoms with Gasteiger partial charge in [0.15, 0.2) is 0 Å². The topological polar surface area (TPSA) is 22.1 Å². The van der Waals surface area contributed by atoms with E-state index in [-0.39, 0.29) is 0 Å². The molecule has 0 saturated heterocycles. The predicted octanol–water partition coefficient (Wildman–Crippen LogP) is 5.72. The van der Waals surface area contributed by atoms with Crippen LogP contribution in [0.15, 0.2) is 18.3 Å². The van der Waals surface area contributed by atoms with Gasteiger partial charge in [-0.05, 0) is 50.7 Å². The summed E-state index contributed by atoms with van der Waals surface area (Å²) in [6.45, 7) is 5.01. The minimum atomic E-state index is 0.674. The number of hydrogen-bond acceptors (Lipinski definition) is 2. The van der Waals surface area contributed by atoms with Crippen molar-refractivity contribution < 1.29 is 4.74 Å². The third kappa shape index (κ3) is 5.33. The van der Waals surface area contributed by atoms with Crippen LogP contribution in [0.2, 0.25) is 0 Å². The highest BCUT2D eigenvalue weighted by atomic mass is 16.5. The Bertz CT molecular complexity index is 379. The van der Waals surface area contributed by atoms with Gasteiger partial charge in [-0.25, -0.2) is 0 Å². The van der Waals surface area contributed by atoms with Crippen molar-refractivity contribution >= 4 is 0 Å². The molecule has 1 aromatic rings. The fourth-order valence-corrected chi connectivity index (χ4v) is 3.49. The number of ether oxygens (including phenoxy) is 1. The number of rotatable bonds is 8. The molecular weight excluding hydrogens is 258 g/mol. The summed E-state index contributed by atoms with van der Waals surface area (Å²) in [5.41, 5.74) is 1.27. The minimum absolute atomic E-state index is 0.674. The number of hydrogen-bond donors (Lipinski definition) is 0. The lowest BCUT2D eigenvalue weighted by molar-refractivity contribution is 0.298. The summed E-state index contributed by atoms with van der Waals surface area (Å²) >= 11 is 0. The third-order valence-corrected chi connectivity index (χ3v) is 4.80. The van der Waals surface area contributed by atoms with Crippen molar-refractivity contribution in [3.8, 4) is 5.75 Å². The van der Waals surface area contributed by atoms with Crippen LogP contribution in [0.4, 0.5) is 0 Å². The van der Waals surface area contributed by atoms with E-state index in [0.29, 0.717) is 12.5 Å². The standard InChI is InChI=1S/C19H31NO/c1-3-5-6-7-8-16-9-11-17(12-10-16)19-14-13-18(15-20-19)21-4-2/h13-17H,3-12H2,1-2H3. The number of pyridine rings is 1. The Kier molecular flexibility index (Phi) is 7.05. The average Bonchev–Trinajstić information content (AvgIpc) is 2.53. The highest BCUT2D eigenvalue weighted by Gasteiger charge is 2.22. The van der Waals surface area contributed by atoms with Crippen molar-refractivity contribution in [3.05, 3.63) is 24.0 Å². The molecule has 1 fully saturated rings. The highest BCUT2D eigenvalue weighted by Crippen LogP contribution is 2.37. The van der Waals surface area contributed by atoms with Crippen molar-refractivity contribution in [3.63, 3.8) is 0 Å². The van der Waals surface area contributed by atoms with E-state index in [0.717, 1.165) is 11.7 Å². The molecule has 0 radical (unpaired) electrons. The van der Waals surface area contributed by atoms with Crippen LogP contribution in [-0.2, 0) is 0 Å². The zero-order valence-corrected chi connectivity index (χ0v) is 13.8. The van der Waals surface area contributed by atoms with E-state index in [9.17, 15) is 0 Å². The maximum Gasteiger partial charge on any atom is 0.137 e. The van der Waals surface area contributed by atoms with E-state index in [4.69, 9.17) is 4.74 Å². The molecule has 0 spiro atoms. The molecule has 1 aliphatic carbocycles. The Hall–Kier alpha value is -1.05. The molecule has 2 nitrogen and oxygen atoms in total. The molecule has 2 rings (SSSR count). The third-order valence-electron chi connectivity index (χ3n) is 4.80. The smallest absolute Gasteiger partial charge is 0.137 e. The van der Waals surface area contributed by atoms with Gasteiger partial charge in [-0.2, -0.15) is 0 Å². The minimum Gasteiger partial charge on any atom is -0.492 e. The predicted molar refractivity (Wildman–Crippen MR) is 88.9 cm³/mol.